The fraction of sp³-hybridized carbons (Fsp3) is 0.464. The number of hydrogen-bond donors (Lipinski definition) is 3. The number of carbonyl (C=O) groups excluding carboxylic acids is 3. The zero-order valence-corrected chi connectivity index (χ0v) is 20.4. The van der Waals surface area contributed by atoms with Crippen LogP contribution in [-0.2, 0) is 4.79 Å². The monoisotopic (exact) mass is 476 g/mol. The molecule has 7 heteroatoms. The topological polar surface area (TPSA) is 90.5 Å². The van der Waals surface area contributed by atoms with E-state index in [2.05, 4.69) is 16.0 Å². The summed E-state index contributed by atoms with van der Waals surface area (Å²) in [4.78, 5) is 39.7. The number of anilines is 2. The van der Waals surface area contributed by atoms with Crippen LogP contribution in [0.5, 0.6) is 0 Å². The summed E-state index contributed by atoms with van der Waals surface area (Å²) in [6, 6.07) is 14.5. The Kier molecular flexibility index (Phi) is 8.76. The van der Waals surface area contributed by atoms with Crippen LogP contribution in [-0.4, -0.2) is 48.3 Å². The van der Waals surface area contributed by atoms with Gasteiger partial charge in [-0.3, -0.25) is 14.4 Å². The third-order valence-electron chi connectivity index (χ3n) is 6.83. The molecule has 4 rings (SSSR count). The lowest BCUT2D eigenvalue weighted by Gasteiger charge is -2.22. The number of nitrogens with zero attached hydrogens (tertiary/aromatic N) is 1. The summed E-state index contributed by atoms with van der Waals surface area (Å²) in [7, 11) is 0. The molecule has 1 aliphatic heterocycles. The standard InChI is InChI=1S/C28H36N4O3/c33-26(30-24-15-13-21(14-16-24)27(34)31-23-10-4-3-5-11-23)20-29-25-12-8-9-22(19-25)28(35)32-17-6-1-2-7-18-32/h8-9,12-16,19,23,29H,1-7,10-11,17-18,20H2,(H,30,33)(H,31,34). The summed E-state index contributed by atoms with van der Waals surface area (Å²) >= 11 is 0. The first kappa shape index (κ1) is 24.8. The average Bonchev–Trinajstić information content (AvgIpc) is 3.18. The van der Waals surface area contributed by atoms with Crippen LogP contribution in [0.15, 0.2) is 48.5 Å². The van der Waals surface area contributed by atoms with Gasteiger partial charge in [0.1, 0.15) is 0 Å². The molecule has 186 valence electrons. The van der Waals surface area contributed by atoms with Crippen molar-refractivity contribution in [3.63, 3.8) is 0 Å². The van der Waals surface area contributed by atoms with Crippen LogP contribution in [0.3, 0.4) is 0 Å². The van der Waals surface area contributed by atoms with Crippen molar-refractivity contribution in [2.75, 3.05) is 30.3 Å². The average molecular weight is 477 g/mol. The van der Waals surface area contributed by atoms with Crippen LogP contribution in [0.25, 0.3) is 0 Å². The molecule has 0 aromatic heterocycles. The van der Waals surface area contributed by atoms with Crippen molar-refractivity contribution in [1.82, 2.24) is 10.2 Å². The largest absolute Gasteiger partial charge is 0.376 e. The van der Waals surface area contributed by atoms with Crippen molar-refractivity contribution < 1.29 is 14.4 Å². The lowest BCUT2D eigenvalue weighted by molar-refractivity contribution is -0.114. The number of rotatable bonds is 7. The first-order valence-electron chi connectivity index (χ1n) is 12.9. The molecule has 0 spiro atoms. The van der Waals surface area contributed by atoms with Crippen molar-refractivity contribution in [2.45, 2.75) is 63.8 Å². The fourth-order valence-corrected chi connectivity index (χ4v) is 4.83. The van der Waals surface area contributed by atoms with Crippen LogP contribution in [0.4, 0.5) is 11.4 Å². The minimum Gasteiger partial charge on any atom is -0.376 e. The maximum Gasteiger partial charge on any atom is 0.253 e. The van der Waals surface area contributed by atoms with E-state index in [0.29, 0.717) is 16.8 Å². The zero-order chi connectivity index (χ0) is 24.5. The quantitative estimate of drug-likeness (QED) is 0.535. The van der Waals surface area contributed by atoms with Gasteiger partial charge in [-0.15, -0.1) is 0 Å². The smallest absolute Gasteiger partial charge is 0.253 e. The normalized spacial score (nSPS) is 16.7. The molecule has 7 nitrogen and oxygen atoms in total. The Morgan fingerprint density at radius 1 is 0.771 bits per heavy atom. The number of benzene rings is 2. The number of amides is 3. The molecule has 2 aromatic carbocycles. The van der Waals surface area contributed by atoms with Crippen molar-refractivity contribution in [3.8, 4) is 0 Å². The number of hydrogen-bond acceptors (Lipinski definition) is 4. The van der Waals surface area contributed by atoms with Gasteiger partial charge in [0, 0.05) is 41.6 Å². The summed E-state index contributed by atoms with van der Waals surface area (Å²) in [5.74, 6) is -0.215. The number of nitrogens with one attached hydrogen (secondary N) is 3. The third kappa shape index (κ3) is 7.31. The van der Waals surface area contributed by atoms with Crippen molar-refractivity contribution >= 4 is 29.1 Å². The maximum atomic E-state index is 12.9. The molecule has 0 bridgehead atoms. The Hall–Kier alpha value is -3.35. The molecule has 3 N–H and O–H groups in total. The minimum absolute atomic E-state index is 0.0487. The van der Waals surface area contributed by atoms with E-state index in [1.54, 1.807) is 30.3 Å². The predicted octanol–water partition coefficient (Wildman–Crippen LogP) is 4.82. The van der Waals surface area contributed by atoms with E-state index in [-0.39, 0.29) is 30.3 Å². The summed E-state index contributed by atoms with van der Waals surface area (Å²) in [6.07, 6.45) is 10.1. The molecule has 1 saturated heterocycles. The van der Waals surface area contributed by atoms with Crippen molar-refractivity contribution in [3.05, 3.63) is 59.7 Å². The van der Waals surface area contributed by atoms with Crippen LogP contribution in [0.2, 0.25) is 0 Å². The summed E-state index contributed by atoms with van der Waals surface area (Å²) in [6.45, 7) is 1.69. The van der Waals surface area contributed by atoms with Crippen LogP contribution >= 0.6 is 0 Å². The first-order valence-corrected chi connectivity index (χ1v) is 12.9. The molecular formula is C28H36N4O3. The molecule has 2 aromatic rings. The minimum atomic E-state index is -0.200. The SMILES string of the molecule is O=C(CNc1cccc(C(=O)N2CCCCCC2)c1)Nc1ccc(C(=O)NC2CCCCC2)cc1. The van der Waals surface area contributed by atoms with Crippen LogP contribution < -0.4 is 16.0 Å². The maximum absolute atomic E-state index is 12.9. The predicted molar refractivity (Wildman–Crippen MR) is 139 cm³/mol. The van der Waals surface area contributed by atoms with E-state index in [9.17, 15) is 14.4 Å². The highest BCUT2D eigenvalue weighted by Gasteiger charge is 2.18. The van der Waals surface area contributed by atoms with Crippen LogP contribution in [0.1, 0.15) is 78.5 Å². The molecule has 1 heterocycles. The third-order valence-corrected chi connectivity index (χ3v) is 6.83. The van der Waals surface area contributed by atoms with Gasteiger partial charge < -0.3 is 20.9 Å². The van der Waals surface area contributed by atoms with E-state index in [1.165, 1.54) is 32.1 Å². The molecule has 1 aliphatic carbocycles. The molecule has 2 fully saturated rings. The Bertz CT molecular complexity index is 1010. The Balaban J connectivity index is 1.25. The van der Waals surface area contributed by atoms with Gasteiger partial charge in [0.05, 0.1) is 6.54 Å². The van der Waals surface area contributed by atoms with Gasteiger partial charge in [-0.25, -0.2) is 0 Å². The van der Waals surface area contributed by atoms with Gasteiger partial charge in [0.15, 0.2) is 0 Å². The number of likely N-dealkylation sites (tertiary alicyclic amines) is 1. The molecule has 3 amide bonds. The lowest BCUT2D eigenvalue weighted by atomic mass is 9.95. The van der Waals surface area contributed by atoms with Gasteiger partial charge >= 0.3 is 0 Å². The molecule has 2 aliphatic rings. The van der Waals surface area contributed by atoms with E-state index >= 15 is 0 Å². The highest BCUT2D eigenvalue weighted by molar-refractivity contribution is 5.97. The fourth-order valence-electron chi connectivity index (χ4n) is 4.83. The van der Waals surface area contributed by atoms with Crippen LogP contribution in [0, 0.1) is 0 Å². The molecule has 0 atom stereocenters. The molecule has 1 saturated carbocycles. The molecular weight excluding hydrogens is 440 g/mol. The van der Waals surface area contributed by atoms with Gasteiger partial charge in [0.2, 0.25) is 5.91 Å². The van der Waals surface area contributed by atoms with E-state index in [1.807, 2.05) is 23.1 Å². The highest BCUT2D eigenvalue weighted by atomic mass is 16.2. The van der Waals surface area contributed by atoms with Crippen molar-refractivity contribution in [1.29, 1.82) is 0 Å². The number of carbonyl (C=O) groups is 3. The second kappa shape index (κ2) is 12.4. The second-order valence-corrected chi connectivity index (χ2v) is 9.57. The summed E-state index contributed by atoms with van der Waals surface area (Å²) in [5.41, 5.74) is 2.60. The second-order valence-electron chi connectivity index (χ2n) is 9.57. The summed E-state index contributed by atoms with van der Waals surface area (Å²) in [5, 5.41) is 9.06. The Labute approximate surface area is 207 Å². The lowest BCUT2D eigenvalue weighted by Crippen LogP contribution is -2.36. The zero-order valence-electron chi connectivity index (χ0n) is 20.4. The van der Waals surface area contributed by atoms with E-state index in [4.69, 9.17) is 0 Å². The van der Waals surface area contributed by atoms with Gasteiger partial charge in [-0.2, -0.15) is 0 Å². The molecule has 0 unspecified atom stereocenters. The summed E-state index contributed by atoms with van der Waals surface area (Å²) < 4.78 is 0. The van der Waals surface area contributed by atoms with E-state index < -0.39 is 0 Å². The van der Waals surface area contributed by atoms with E-state index in [0.717, 1.165) is 44.5 Å². The van der Waals surface area contributed by atoms with Gasteiger partial charge in [0.25, 0.3) is 11.8 Å². The van der Waals surface area contributed by atoms with Gasteiger partial charge in [-0.1, -0.05) is 38.2 Å². The first-order chi connectivity index (χ1) is 17.1. The molecule has 0 radical (unpaired) electrons. The van der Waals surface area contributed by atoms with Gasteiger partial charge in [-0.05, 0) is 68.1 Å². The Morgan fingerprint density at radius 2 is 1.46 bits per heavy atom. The van der Waals surface area contributed by atoms with Crippen molar-refractivity contribution in [2.24, 2.45) is 0 Å². The molecule has 35 heavy (non-hydrogen) atoms. The highest BCUT2D eigenvalue weighted by Crippen LogP contribution is 2.19. The Morgan fingerprint density at radius 3 is 2.17 bits per heavy atom.